The molecule has 0 heterocycles. The number of rotatable bonds is 3. The molecule has 0 unspecified atom stereocenters. The first-order valence-electron chi connectivity index (χ1n) is 9.05. The van der Waals surface area contributed by atoms with Crippen molar-refractivity contribution in [2.24, 2.45) is 0 Å². The van der Waals surface area contributed by atoms with Crippen LogP contribution in [0.3, 0.4) is 0 Å². The van der Waals surface area contributed by atoms with E-state index in [0.717, 1.165) is 6.07 Å². The Morgan fingerprint density at radius 3 is 1.97 bits per heavy atom. The Morgan fingerprint density at radius 1 is 0.912 bits per heavy atom. The second-order valence-electron chi connectivity index (χ2n) is 7.06. The molecule has 170 valence electrons. The number of halogens is 4. The summed E-state index contributed by atoms with van der Waals surface area (Å²) >= 11 is 0. The second kappa shape index (κ2) is 8.78. The predicted molar refractivity (Wildman–Crippen MR) is 107 cm³/mol. The van der Waals surface area contributed by atoms with Crippen molar-refractivity contribution in [3.63, 3.8) is 0 Å². The minimum atomic E-state index is -5.24. The molecule has 0 radical (unpaired) electrons. The third-order valence-electron chi connectivity index (χ3n) is 5.02. The minimum Gasteiger partial charge on any atom is -0.744 e. The average molecular weight is 502 g/mol. The smallest absolute Gasteiger partial charge is 0.744 e. The SMILES string of the molecule is Nc1c(S(=O)(=O)[O-])cc(Nc2ccc(C(F)(F)F)c(F)c2)c2c1C(=O)c1ccccc1C2=O.[Na+]. The molecule has 4 rings (SSSR count). The Labute approximate surface area is 212 Å². The predicted octanol–water partition coefficient (Wildman–Crippen LogP) is 0.854. The minimum absolute atomic E-state index is 0. The molecule has 0 amide bonds. The van der Waals surface area contributed by atoms with Gasteiger partial charge in [0.2, 0.25) is 0 Å². The van der Waals surface area contributed by atoms with Crippen molar-refractivity contribution >= 4 is 38.7 Å². The number of alkyl halides is 3. The van der Waals surface area contributed by atoms with Crippen LogP contribution in [0.5, 0.6) is 0 Å². The van der Waals surface area contributed by atoms with E-state index in [1.807, 2.05) is 0 Å². The van der Waals surface area contributed by atoms with Crippen molar-refractivity contribution in [2.75, 3.05) is 11.1 Å². The Kier molecular flexibility index (Phi) is 6.68. The van der Waals surface area contributed by atoms with Gasteiger partial charge in [0, 0.05) is 16.8 Å². The molecule has 0 bridgehead atoms. The summed E-state index contributed by atoms with van der Waals surface area (Å²) in [6.45, 7) is 0. The van der Waals surface area contributed by atoms with Gasteiger partial charge in [0.15, 0.2) is 11.6 Å². The van der Waals surface area contributed by atoms with Crippen molar-refractivity contribution in [1.29, 1.82) is 0 Å². The molecular weight excluding hydrogens is 491 g/mol. The first kappa shape index (κ1) is 25.8. The van der Waals surface area contributed by atoms with Gasteiger partial charge in [-0.15, -0.1) is 0 Å². The Morgan fingerprint density at radius 2 is 1.47 bits per heavy atom. The summed E-state index contributed by atoms with van der Waals surface area (Å²) in [5, 5.41) is 2.43. The van der Waals surface area contributed by atoms with Gasteiger partial charge in [-0.1, -0.05) is 24.3 Å². The van der Waals surface area contributed by atoms with Crippen LogP contribution in [0.4, 0.5) is 34.6 Å². The van der Waals surface area contributed by atoms with E-state index in [0.29, 0.717) is 18.2 Å². The van der Waals surface area contributed by atoms with Crippen LogP contribution in [0.15, 0.2) is 53.4 Å². The van der Waals surface area contributed by atoms with Gasteiger partial charge in [0.25, 0.3) is 0 Å². The first-order valence-corrected chi connectivity index (χ1v) is 10.5. The van der Waals surface area contributed by atoms with Crippen molar-refractivity contribution < 1.29 is 69.7 Å². The summed E-state index contributed by atoms with van der Waals surface area (Å²) in [5.74, 6) is -3.22. The fraction of sp³-hybridized carbons (Fsp3) is 0.0476. The third-order valence-corrected chi connectivity index (χ3v) is 5.90. The first-order chi connectivity index (χ1) is 15.3. The second-order valence-corrected chi connectivity index (χ2v) is 8.41. The summed E-state index contributed by atoms with van der Waals surface area (Å²) in [7, 11) is -5.24. The number of nitrogens with one attached hydrogen (secondary N) is 1. The molecule has 0 saturated carbocycles. The van der Waals surface area contributed by atoms with Crippen LogP contribution in [0.1, 0.15) is 37.4 Å². The maximum absolute atomic E-state index is 14.0. The molecule has 34 heavy (non-hydrogen) atoms. The molecule has 0 saturated heterocycles. The van der Waals surface area contributed by atoms with Gasteiger partial charge in [-0.2, -0.15) is 13.2 Å². The van der Waals surface area contributed by atoms with Gasteiger partial charge in [-0.25, -0.2) is 12.8 Å². The van der Waals surface area contributed by atoms with E-state index >= 15 is 0 Å². The molecule has 0 aromatic heterocycles. The number of carbonyl (C=O) groups is 2. The molecule has 3 N–H and O–H groups in total. The Balaban J connectivity index is 0.00000324. The quantitative estimate of drug-likeness (QED) is 0.184. The number of fused-ring (bicyclic) bond motifs is 2. The number of nitrogens with two attached hydrogens (primary N) is 1. The van der Waals surface area contributed by atoms with Crippen molar-refractivity contribution in [2.45, 2.75) is 11.1 Å². The fourth-order valence-corrected chi connectivity index (χ4v) is 4.21. The van der Waals surface area contributed by atoms with Crippen LogP contribution in [0.2, 0.25) is 0 Å². The number of hydrogen-bond acceptors (Lipinski definition) is 7. The van der Waals surface area contributed by atoms with Crippen LogP contribution < -0.4 is 40.6 Å². The zero-order valence-corrected chi connectivity index (χ0v) is 20.0. The van der Waals surface area contributed by atoms with E-state index in [1.165, 1.54) is 24.3 Å². The van der Waals surface area contributed by atoms with E-state index in [1.54, 1.807) is 0 Å². The topological polar surface area (TPSA) is 129 Å². The summed E-state index contributed by atoms with van der Waals surface area (Å²) in [4.78, 5) is 25.1. The largest absolute Gasteiger partial charge is 1.00 e. The zero-order chi connectivity index (χ0) is 24.3. The van der Waals surface area contributed by atoms with Crippen molar-refractivity contribution in [3.8, 4) is 0 Å². The molecule has 1 aliphatic carbocycles. The molecule has 0 aliphatic heterocycles. The fourth-order valence-electron chi connectivity index (χ4n) is 3.58. The van der Waals surface area contributed by atoms with Gasteiger partial charge >= 0.3 is 35.7 Å². The van der Waals surface area contributed by atoms with E-state index < -0.39 is 66.6 Å². The number of carbonyl (C=O) groups excluding carboxylic acids is 2. The molecule has 7 nitrogen and oxygen atoms in total. The average Bonchev–Trinajstić information content (AvgIpc) is 2.71. The molecule has 13 heteroatoms. The van der Waals surface area contributed by atoms with Gasteiger partial charge in [-0.3, -0.25) is 9.59 Å². The molecule has 3 aromatic rings. The van der Waals surface area contributed by atoms with Gasteiger partial charge in [0.05, 0.1) is 33.0 Å². The normalized spacial score (nSPS) is 13.1. The van der Waals surface area contributed by atoms with Gasteiger partial charge in [0.1, 0.15) is 15.9 Å². The number of ketones is 2. The Hall–Kier alpha value is -2.77. The maximum atomic E-state index is 14.0. The summed E-state index contributed by atoms with van der Waals surface area (Å²) in [6.07, 6.45) is -4.96. The number of benzene rings is 3. The zero-order valence-electron chi connectivity index (χ0n) is 17.2. The molecule has 3 aromatic carbocycles. The third kappa shape index (κ3) is 4.34. The van der Waals surface area contributed by atoms with Crippen molar-refractivity contribution in [1.82, 2.24) is 0 Å². The van der Waals surface area contributed by atoms with Crippen LogP contribution in [-0.2, 0) is 16.3 Å². The van der Waals surface area contributed by atoms with Gasteiger partial charge < -0.3 is 15.6 Å². The number of nitrogen functional groups attached to an aromatic ring is 1. The summed E-state index contributed by atoms with van der Waals surface area (Å²) in [6, 6.07) is 8.03. The summed E-state index contributed by atoms with van der Waals surface area (Å²) in [5.41, 5.74) is 1.73. The molecular formula is C21H11F4N2NaO5S. The molecule has 0 atom stereocenters. The number of hydrogen-bond donors (Lipinski definition) is 2. The van der Waals surface area contributed by atoms with Crippen LogP contribution in [0.25, 0.3) is 0 Å². The standard InChI is InChI=1S/C21H12F4N2O5S.Na/c22-13-7-9(5-6-12(13)21(23,24)25)27-14-8-15(33(30,31)32)18(26)17-16(14)19(28)10-3-1-2-4-11(10)20(17)29;/h1-8,27H,26H2,(H,30,31,32);/q;+1/p-1. The molecule has 0 spiro atoms. The maximum Gasteiger partial charge on any atom is 1.00 e. The van der Waals surface area contributed by atoms with E-state index in [4.69, 9.17) is 5.73 Å². The summed E-state index contributed by atoms with van der Waals surface area (Å²) < 4.78 is 87.8. The van der Waals surface area contributed by atoms with Gasteiger partial charge in [-0.05, 0) is 24.3 Å². The molecule has 0 fully saturated rings. The van der Waals surface area contributed by atoms with Crippen molar-refractivity contribution in [3.05, 3.63) is 82.2 Å². The van der Waals surface area contributed by atoms with E-state index in [-0.39, 0.29) is 46.4 Å². The van der Waals surface area contributed by atoms with Crippen LogP contribution in [0, 0.1) is 5.82 Å². The van der Waals surface area contributed by atoms with E-state index in [9.17, 15) is 40.1 Å². The van der Waals surface area contributed by atoms with E-state index in [2.05, 4.69) is 5.32 Å². The molecule has 1 aliphatic rings. The van der Waals surface area contributed by atoms with Crippen LogP contribution >= 0.6 is 0 Å². The Bertz CT molecular complexity index is 1470. The number of anilines is 3. The van der Waals surface area contributed by atoms with Crippen LogP contribution in [-0.4, -0.2) is 24.5 Å². The monoisotopic (exact) mass is 502 g/mol.